The van der Waals surface area contributed by atoms with Crippen LogP contribution in [-0.2, 0) is 11.2 Å². The lowest BCUT2D eigenvalue weighted by atomic mass is 10.1. The Morgan fingerprint density at radius 1 is 1.20 bits per heavy atom. The van der Waals surface area contributed by atoms with Crippen LogP contribution < -0.4 is 16.6 Å². The molecule has 0 unspecified atom stereocenters. The number of hydrogen-bond donors (Lipinski definition) is 3. The lowest BCUT2D eigenvalue weighted by Gasteiger charge is -2.04. The van der Waals surface area contributed by atoms with E-state index in [2.05, 4.69) is 24.6 Å². The van der Waals surface area contributed by atoms with Crippen LogP contribution in [0.3, 0.4) is 0 Å². The molecule has 128 valence electrons. The van der Waals surface area contributed by atoms with Crippen LogP contribution in [0.1, 0.15) is 17.7 Å². The molecule has 0 saturated heterocycles. The number of carbonyl (C=O) groups is 1. The van der Waals surface area contributed by atoms with Crippen molar-refractivity contribution in [3.63, 3.8) is 0 Å². The molecule has 1 aromatic carbocycles. The fraction of sp³-hybridized carbons (Fsp3) is 0.188. The van der Waals surface area contributed by atoms with E-state index in [-0.39, 0.29) is 18.7 Å². The van der Waals surface area contributed by atoms with E-state index in [4.69, 9.17) is 0 Å². The number of rotatable bonds is 5. The topological polar surface area (TPSA) is 121 Å². The fourth-order valence-electron chi connectivity index (χ4n) is 2.33. The van der Waals surface area contributed by atoms with Gasteiger partial charge in [0.2, 0.25) is 11.0 Å². The Balaban J connectivity index is 1.63. The molecule has 0 aliphatic rings. The first kappa shape index (κ1) is 16.8. The number of H-pyrrole nitrogens is 2. The summed E-state index contributed by atoms with van der Waals surface area (Å²) in [5.41, 5.74) is 0.685. The number of benzene rings is 1. The summed E-state index contributed by atoms with van der Waals surface area (Å²) < 4.78 is 4.22. The molecule has 9 heteroatoms. The van der Waals surface area contributed by atoms with E-state index < -0.39 is 11.2 Å². The van der Waals surface area contributed by atoms with Crippen LogP contribution in [0.25, 0.3) is 11.4 Å². The third kappa shape index (κ3) is 4.07. The van der Waals surface area contributed by atoms with Crippen LogP contribution in [0.5, 0.6) is 0 Å². The standard InChI is InChI=1S/C16H15N5O3S/c1-9-11(14(23)20-15(24)17-9)7-8-12(22)18-16-19-13(21-25-16)10-5-3-2-4-6-10/h2-6H,7-8H2,1H3,(H2,17,20,23,24)(H,18,19,21,22). The second kappa shape index (κ2) is 7.22. The molecule has 3 rings (SSSR count). The minimum absolute atomic E-state index is 0.0935. The number of nitrogens with zero attached hydrogens (tertiary/aromatic N) is 2. The van der Waals surface area contributed by atoms with Crippen LogP contribution in [0.2, 0.25) is 0 Å². The van der Waals surface area contributed by atoms with Gasteiger partial charge in [-0.2, -0.15) is 9.36 Å². The molecule has 0 bridgehead atoms. The van der Waals surface area contributed by atoms with Gasteiger partial charge < -0.3 is 10.3 Å². The summed E-state index contributed by atoms with van der Waals surface area (Å²) in [6.45, 7) is 1.63. The van der Waals surface area contributed by atoms with Gasteiger partial charge in [-0.25, -0.2) is 4.79 Å². The van der Waals surface area contributed by atoms with Crippen molar-refractivity contribution in [2.24, 2.45) is 0 Å². The van der Waals surface area contributed by atoms with Gasteiger partial charge in [-0.3, -0.25) is 14.6 Å². The van der Waals surface area contributed by atoms with Crippen molar-refractivity contribution in [3.05, 3.63) is 62.4 Å². The van der Waals surface area contributed by atoms with Crippen molar-refractivity contribution in [1.82, 2.24) is 19.3 Å². The predicted molar refractivity (Wildman–Crippen MR) is 94.7 cm³/mol. The lowest BCUT2D eigenvalue weighted by molar-refractivity contribution is -0.116. The first-order chi connectivity index (χ1) is 12.0. The molecule has 0 atom stereocenters. The van der Waals surface area contributed by atoms with Gasteiger partial charge in [-0.05, 0) is 13.3 Å². The van der Waals surface area contributed by atoms with E-state index in [0.29, 0.717) is 22.2 Å². The molecule has 0 aliphatic heterocycles. The molecule has 0 aliphatic carbocycles. The van der Waals surface area contributed by atoms with Crippen molar-refractivity contribution in [2.45, 2.75) is 19.8 Å². The average molecular weight is 357 g/mol. The molecular weight excluding hydrogens is 342 g/mol. The Bertz CT molecular complexity index is 1010. The van der Waals surface area contributed by atoms with Gasteiger partial charge in [0.05, 0.1) is 0 Å². The minimum Gasteiger partial charge on any atom is -0.311 e. The molecule has 0 spiro atoms. The summed E-state index contributed by atoms with van der Waals surface area (Å²) in [6, 6.07) is 9.45. The van der Waals surface area contributed by atoms with Gasteiger partial charge in [0.15, 0.2) is 5.82 Å². The third-order valence-corrected chi connectivity index (χ3v) is 4.19. The molecule has 0 fully saturated rings. The van der Waals surface area contributed by atoms with E-state index in [0.717, 1.165) is 17.1 Å². The fourth-order valence-corrected chi connectivity index (χ4v) is 2.93. The van der Waals surface area contributed by atoms with Crippen LogP contribution in [0.15, 0.2) is 39.9 Å². The highest BCUT2D eigenvalue weighted by atomic mass is 32.1. The molecular formula is C16H15N5O3S. The van der Waals surface area contributed by atoms with E-state index in [1.54, 1.807) is 6.92 Å². The van der Waals surface area contributed by atoms with Crippen molar-refractivity contribution in [3.8, 4) is 11.4 Å². The molecule has 2 aromatic heterocycles. The van der Waals surface area contributed by atoms with Crippen LogP contribution in [-0.4, -0.2) is 25.2 Å². The molecule has 1 amide bonds. The number of amides is 1. The molecule has 25 heavy (non-hydrogen) atoms. The Morgan fingerprint density at radius 2 is 1.96 bits per heavy atom. The monoisotopic (exact) mass is 357 g/mol. The van der Waals surface area contributed by atoms with E-state index >= 15 is 0 Å². The lowest BCUT2D eigenvalue weighted by Crippen LogP contribution is -2.27. The third-order valence-electron chi connectivity index (χ3n) is 3.56. The van der Waals surface area contributed by atoms with Crippen LogP contribution in [0.4, 0.5) is 5.13 Å². The predicted octanol–water partition coefficient (Wildman–Crippen LogP) is 1.46. The minimum atomic E-state index is -0.557. The van der Waals surface area contributed by atoms with Gasteiger partial charge in [0, 0.05) is 34.8 Å². The first-order valence-electron chi connectivity index (χ1n) is 7.54. The zero-order chi connectivity index (χ0) is 17.8. The van der Waals surface area contributed by atoms with Crippen molar-refractivity contribution >= 4 is 22.6 Å². The normalized spacial score (nSPS) is 10.6. The Kier molecular flexibility index (Phi) is 4.85. The van der Waals surface area contributed by atoms with E-state index in [9.17, 15) is 14.4 Å². The quantitative estimate of drug-likeness (QED) is 0.638. The number of carbonyl (C=O) groups excluding carboxylic acids is 1. The summed E-state index contributed by atoms with van der Waals surface area (Å²) in [7, 11) is 0. The van der Waals surface area contributed by atoms with Crippen LogP contribution >= 0.6 is 11.5 Å². The Morgan fingerprint density at radius 3 is 2.68 bits per heavy atom. The first-order valence-corrected chi connectivity index (χ1v) is 8.31. The van der Waals surface area contributed by atoms with Gasteiger partial charge in [0.25, 0.3) is 5.56 Å². The Labute approximate surface area is 146 Å². The summed E-state index contributed by atoms with van der Waals surface area (Å²) in [5, 5.41) is 3.07. The zero-order valence-corrected chi connectivity index (χ0v) is 14.1. The molecule has 3 N–H and O–H groups in total. The SMILES string of the molecule is Cc1[nH]c(=O)[nH]c(=O)c1CCC(=O)Nc1nc(-c2ccccc2)ns1. The van der Waals surface area contributed by atoms with Gasteiger partial charge >= 0.3 is 5.69 Å². The molecule has 0 saturated carbocycles. The van der Waals surface area contributed by atoms with Gasteiger partial charge in [-0.1, -0.05) is 30.3 Å². The van der Waals surface area contributed by atoms with Gasteiger partial charge in [0.1, 0.15) is 0 Å². The summed E-state index contributed by atoms with van der Waals surface area (Å²) in [5.74, 6) is 0.273. The van der Waals surface area contributed by atoms with Crippen molar-refractivity contribution in [1.29, 1.82) is 0 Å². The number of hydrogen-bond acceptors (Lipinski definition) is 6. The molecule has 8 nitrogen and oxygen atoms in total. The van der Waals surface area contributed by atoms with E-state index in [1.807, 2.05) is 30.3 Å². The molecule has 3 aromatic rings. The second-order valence-corrected chi connectivity index (χ2v) is 6.10. The number of aromatic nitrogens is 4. The number of aromatic amines is 2. The average Bonchev–Trinajstić information content (AvgIpc) is 3.03. The molecule has 2 heterocycles. The summed E-state index contributed by atoms with van der Waals surface area (Å²) >= 11 is 1.09. The smallest absolute Gasteiger partial charge is 0.311 e. The maximum absolute atomic E-state index is 12.1. The number of nitrogens with one attached hydrogen (secondary N) is 3. The molecule has 0 radical (unpaired) electrons. The maximum Gasteiger partial charge on any atom is 0.325 e. The number of anilines is 1. The summed E-state index contributed by atoms with van der Waals surface area (Å²) in [6.07, 6.45) is 0.310. The highest BCUT2D eigenvalue weighted by Gasteiger charge is 2.12. The highest BCUT2D eigenvalue weighted by molar-refractivity contribution is 7.10. The van der Waals surface area contributed by atoms with Crippen molar-refractivity contribution < 1.29 is 4.79 Å². The maximum atomic E-state index is 12.1. The highest BCUT2D eigenvalue weighted by Crippen LogP contribution is 2.20. The van der Waals surface area contributed by atoms with E-state index in [1.165, 1.54) is 0 Å². The Hall–Kier alpha value is -3.07. The second-order valence-electron chi connectivity index (χ2n) is 5.35. The van der Waals surface area contributed by atoms with Gasteiger partial charge in [-0.15, -0.1) is 0 Å². The largest absolute Gasteiger partial charge is 0.325 e. The van der Waals surface area contributed by atoms with Crippen molar-refractivity contribution in [2.75, 3.05) is 5.32 Å². The number of aryl methyl sites for hydroxylation is 1. The van der Waals surface area contributed by atoms with Crippen LogP contribution in [0, 0.1) is 6.92 Å². The summed E-state index contributed by atoms with van der Waals surface area (Å²) in [4.78, 5) is 43.9. The zero-order valence-electron chi connectivity index (χ0n) is 13.3.